The Hall–Kier alpha value is -3.03. The molecule has 0 saturated heterocycles. The van der Waals surface area contributed by atoms with E-state index in [2.05, 4.69) is 12.2 Å². The highest BCUT2D eigenvalue weighted by molar-refractivity contribution is 7.99. The number of anilines is 2. The van der Waals surface area contributed by atoms with Crippen LogP contribution in [0, 0.1) is 0 Å². The van der Waals surface area contributed by atoms with Gasteiger partial charge in [0.1, 0.15) is 15.5 Å². The van der Waals surface area contributed by atoms with Crippen LogP contribution in [0.15, 0.2) is 65.6 Å². The van der Waals surface area contributed by atoms with Gasteiger partial charge in [0.05, 0.1) is 24.2 Å². The van der Waals surface area contributed by atoms with E-state index in [4.69, 9.17) is 15.5 Å². The van der Waals surface area contributed by atoms with Gasteiger partial charge in [-0.2, -0.15) is 0 Å². The van der Waals surface area contributed by atoms with Gasteiger partial charge in [0.25, 0.3) is 5.91 Å². The Morgan fingerprint density at radius 1 is 1.16 bits per heavy atom. The Bertz CT molecular complexity index is 1250. The number of carbonyl (C=O) groups excluding carboxylic acids is 1. The number of hydrogen-bond donors (Lipinski definition) is 2. The summed E-state index contributed by atoms with van der Waals surface area (Å²) in [4.78, 5) is 20.1. The van der Waals surface area contributed by atoms with Gasteiger partial charge in [-0.1, -0.05) is 37.6 Å². The van der Waals surface area contributed by atoms with Crippen LogP contribution >= 0.6 is 23.1 Å². The Balaban J connectivity index is 1.61. The van der Waals surface area contributed by atoms with E-state index in [0.29, 0.717) is 10.6 Å². The van der Waals surface area contributed by atoms with E-state index in [1.54, 1.807) is 18.9 Å². The van der Waals surface area contributed by atoms with Crippen molar-refractivity contribution in [3.05, 3.63) is 65.5 Å². The number of amides is 1. The maximum atomic E-state index is 13.1. The fourth-order valence-electron chi connectivity index (χ4n) is 3.31. The lowest BCUT2D eigenvalue weighted by atomic mass is 10.1. The lowest BCUT2D eigenvalue weighted by Crippen LogP contribution is -2.12. The predicted molar refractivity (Wildman–Crippen MR) is 136 cm³/mol. The number of hydrogen-bond acceptors (Lipinski definition) is 6. The number of benzene rings is 2. The quantitative estimate of drug-likeness (QED) is 0.225. The molecule has 0 atom stereocenters. The van der Waals surface area contributed by atoms with Crippen LogP contribution in [0.1, 0.15) is 29.4 Å². The number of nitrogens with two attached hydrogens (primary N) is 1. The lowest BCUT2D eigenvalue weighted by Gasteiger charge is -2.10. The number of unbranched alkanes of at least 4 members (excludes halogenated alkanes) is 1. The highest BCUT2D eigenvalue weighted by atomic mass is 32.2. The molecule has 164 valence electrons. The smallest absolute Gasteiger partial charge is 0.267 e. The average Bonchev–Trinajstić information content (AvgIpc) is 3.16. The van der Waals surface area contributed by atoms with Crippen molar-refractivity contribution < 1.29 is 9.53 Å². The fraction of sp³-hybridized carbons (Fsp3) is 0.200. The number of rotatable bonds is 8. The molecule has 4 aromatic rings. The van der Waals surface area contributed by atoms with Crippen molar-refractivity contribution in [1.82, 2.24) is 4.98 Å². The van der Waals surface area contributed by atoms with Crippen LogP contribution < -0.4 is 15.8 Å². The predicted octanol–water partition coefficient (Wildman–Crippen LogP) is 6.70. The van der Waals surface area contributed by atoms with Gasteiger partial charge in [0, 0.05) is 15.8 Å². The zero-order valence-corrected chi connectivity index (χ0v) is 19.7. The number of methoxy groups -OCH3 is 1. The number of pyridine rings is 1. The molecular formula is C25H25N3O2S2. The van der Waals surface area contributed by atoms with E-state index in [-0.39, 0.29) is 5.91 Å². The number of nitrogens with one attached hydrogen (secondary N) is 1. The molecule has 3 N–H and O–H groups in total. The molecule has 0 unspecified atom stereocenters. The van der Waals surface area contributed by atoms with Crippen molar-refractivity contribution in [3.63, 3.8) is 0 Å². The molecule has 2 aromatic carbocycles. The molecular weight excluding hydrogens is 438 g/mol. The van der Waals surface area contributed by atoms with Crippen LogP contribution in [0.4, 0.5) is 11.4 Å². The van der Waals surface area contributed by atoms with Gasteiger partial charge in [-0.05, 0) is 48.6 Å². The number of aromatic nitrogens is 1. The summed E-state index contributed by atoms with van der Waals surface area (Å²) < 4.78 is 5.32. The molecule has 5 nitrogen and oxygen atoms in total. The lowest BCUT2D eigenvalue weighted by molar-refractivity contribution is 0.103. The molecule has 1 amide bonds. The molecule has 32 heavy (non-hydrogen) atoms. The number of para-hydroxylation sites is 1. The highest BCUT2D eigenvalue weighted by Gasteiger charge is 2.19. The average molecular weight is 464 g/mol. The molecule has 0 saturated carbocycles. The third-order valence-electron chi connectivity index (χ3n) is 5.06. The monoisotopic (exact) mass is 463 g/mol. The molecule has 4 rings (SSSR count). The van der Waals surface area contributed by atoms with Gasteiger partial charge >= 0.3 is 0 Å². The summed E-state index contributed by atoms with van der Waals surface area (Å²) in [6.45, 7) is 2.17. The highest BCUT2D eigenvalue weighted by Crippen LogP contribution is 2.36. The molecule has 0 spiro atoms. The number of nitrogen functional groups attached to an aromatic ring is 1. The molecule has 2 aromatic heterocycles. The topological polar surface area (TPSA) is 77.2 Å². The van der Waals surface area contributed by atoms with Crippen molar-refractivity contribution in [2.24, 2.45) is 0 Å². The summed E-state index contributed by atoms with van der Waals surface area (Å²) in [5.41, 5.74) is 9.37. The van der Waals surface area contributed by atoms with Gasteiger partial charge in [-0.3, -0.25) is 4.79 Å². The van der Waals surface area contributed by atoms with E-state index in [9.17, 15) is 4.79 Å². The molecule has 2 heterocycles. The Morgan fingerprint density at radius 3 is 2.81 bits per heavy atom. The first-order valence-electron chi connectivity index (χ1n) is 10.5. The van der Waals surface area contributed by atoms with E-state index >= 15 is 0 Å². The summed E-state index contributed by atoms with van der Waals surface area (Å²) in [6, 6.07) is 19.5. The second-order valence-electron chi connectivity index (χ2n) is 7.28. The standard InChI is InChI=1S/C25H25N3O2S2/c1-3-4-14-31-21-11-6-5-10-20(21)27-24(29)23-22(26)18-12-13-19(28-25(18)32-23)16-8-7-9-17(15-16)30-2/h5-13,15H,3-4,14,26H2,1-2H3,(H,27,29). The fourth-order valence-corrected chi connectivity index (χ4v) is 5.40. The number of carbonyl (C=O) groups is 1. The number of thiophene rings is 1. The minimum atomic E-state index is -0.211. The Kier molecular flexibility index (Phi) is 6.97. The van der Waals surface area contributed by atoms with Crippen LogP contribution in [-0.4, -0.2) is 23.8 Å². The number of thioether (sulfide) groups is 1. The van der Waals surface area contributed by atoms with Crippen molar-refractivity contribution in [3.8, 4) is 17.0 Å². The van der Waals surface area contributed by atoms with Crippen LogP contribution in [0.2, 0.25) is 0 Å². The normalized spacial score (nSPS) is 10.9. The number of nitrogens with zero attached hydrogens (tertiary/aromatic N) is 1. The molecule has 0 aliphatic heterocycles. The van der Waals surface area contributed by atoms with Gasteiger partial charge in [0.2, 0.25) is 0 Å². The molecule has 0 bridgehead atoms. The SMILES string of the molecule is CCCCSc1ccccc1NC(=O)c1sc2nc(-c3cccc(OC)c3)ccc2c1N. The number of fused-ring (bicyclic) bond motifs is 1. The molecule has 0 fully saturated rings. The van der Waals surface area contributed by atoms with Crippen LogP contribution in [0.5, 0.6) is 5.75 Å². The second-order valence-corrected chi connectivity index (χ2v) is 9.41. The molecule has 0 radical (unpaired) electrons. The van der Waals surface area contributed by atoms with Crippen molar-refractivity contribution in [1.29, 1.82) is 0 Å². The summed E-state index contributed by atoms with van der Waals surface area (Å²) in [5.74, 6) is 1.58. The summed E-state index contributed by atoms with van der Waals surface area (Å²) in [5, 5.41) is 3.83. The van der Waals surface area contributed by atoms with Crippen molar-refractivity contribution in [2.75, 3.05) is 23.9 Å². The van der Waals surface area contributed by atoms with Gasteiger partial charge in [-0.15, -0.1) is 23.1 Å². The van der Waals surface area contributed by atoms with E-state index in [0.717, 1.165) is 56.4 Å². The summed E-state index contributed by atoms with van der Waals surface area (Å²) in [6.07, 6.45) is 2.28. The largest absolute Gasteiger partial charge is 0.497 e. The first-order valence-corrected chi connectivity index (χ1v) is 12.3. The minimum absolute atomic E-state index is 0.211. The molecule has 0 aliphatic carbocycles. The second kappa shape index (κ2) is 10.1. The van der Waals surface area contributed by atoms with Gasteiger partial charge in [-0.25, -0.2) is 4.98 Å². The molecule has 7 heteroatoms. The zero-order valence-electron chi connectivity index (χ0n) is 18.1. The van der Waals surface area contributed by atoms with Gasteiger partial charge in [0.15, 0.2) is 0 Å². The maximum Gasteiger partial charge on any atom is 0.267 e. The minimum Gasteiger partial charge on any atom is -0.497 e. The summed E-state index contributed by atoms with van der Waals surface area (Å²) >= 11 is 3.07. The maximum absolute atomic E-state index is 13.1. The Morgan fingerprint density at radius 2 is 2.00 bits per heavy atom. The first-order chi connectivity index (χ1) is 15.6. The van der Waals surface area contributed by atoms with Crippen LogP contribution in [0.3, 0.4) is 0 Å². The van der Waals surface area contributed by atoms with Crippen molar-refractivity contribution >= 4 is 50.6 Å². The van der Waals surface area contributed by atoms with E-state index in [1.807, 2.05) is 60.7 Å². The summed E-state index contributed by atoms with van der Waals surface area (Å²) in [7, 11) is 1.64. The van der Waals surface area contributed by atoms with E-state index < -0.39 is 0 Å². The third-order valence-corrected chi connectivity index (χ3v) is 7.33. The van der Waals surface area contributed by atoms with Gasteiger partial charge < -0.3 is 15.8 Å². The van der Waals surface area contributed by atoms with E-state index in [1.165, 1.54) is 11.3 Å². The van der Waals surface area contributed by atoms with Crippen LogP contribution in [-0.2, 0) is 0 Å². The number of ether oxygens (including phenoxy) is 1. The van der Waals surface area contributed by atoms with Crippen molar-refractivity contribution in [2.45, 2.75) is 24.7 Å². The molecule has 0 aliphatic rings. The Labute approximate surface area is 196 Å². The third kappa shape index (κ3) is 4.74. The zero-order chi connectivity index (χ0) is 22.5. The first kappa shape index (κ1) is 22.2. The van der Waals surface area contributed by atoms with Crippen LogP contribution in [0.25, 0.3) is 21.5 Å².